The summed E-state index contributed by atoms with van der Waals surface area (Å²) in [6.45, 7) is 0.273. The number of carboxylic acids is 1. The first kappa shape index (κ1) is 30.8. The molecule has 2 aliphatic rings. The number of ether oxygens (including phenoxy) is 2. The van der Waals surface area contributed by atoms with Crippen LogP contribution in [0.2, 0.25) is 0 Å². The number of rotatable bonds is 8. The van der Waals surface area contributed by atoms with Crippen LogP contribution in [0.25, 0.3) is 0 Å². The first-order valence-electron chi connectivity index (χ1n) is 13.9. The zero-order valence-electron chi connectivity index (χ0n) is 23.7. The van der Waals surface area contributed by atoms with Crippen LogP contribution in [0, 0.1) is 5.82 Å². The number of nitrogens with one attached hydrogen (secondary N) is 2. The van der Waals surface area contributed by atoms with Gasteiger partial charge < -0.3 is 24.8 Å². The Bertz CT molecular complexity index is 1560. The molecule has 0 radical (unpaired) electrons. The first-order valence-corrected chi connectivity index (χ1v) is 13.9. The monoisotopic (exact) mass is 614 g/mol. The Balaban J connectivity index is 1.49. The highest BCUT2D eigenvalue weighted by atomic mass is 19.4. The Morgan fingerprint density at radius 3 is 2.48 bits per heavy atom. The number of anilines is 2. The van der Waals surface area contributed by atoms with E-state index in [2.05, 4.69) is 15.6 Å². The zero-order valence-corrected chi connectivity index (χ0v) is 23.7. The molecule has 1 unspecified atom stereocenters. The van der Waals surface area contributed by atoms with Gasteiger partial charge in [-0.25, -0.2) is 9.38 Å². The highest BCUT2D eigenvalue weighted by Gasteiger charge is 2.36. The lowest BCUT2D eigenvalue weighted by molar-refractivity contribution is -0.155. The van der Waals surface area contributed by atoms with Crippen LogP contribution in [0.4, 0.5) is 34.6 Å². The number of halogens is 4. The summed E-state index contributed by atoms with van der Waals surface area (Å²) >= 11 is 0. The quantitative estimate of drug-likeness (QED) is 0.221. The summed E-state index contributed by atoms with van der Waals surface area (Å²) in [6, 6.07) is 14.3. The highest BCUT2D eigenvalue weighted by molar-refractivity contribution is 6.08. The molecule has 1 saturated heterocycles. The van der Waals surface area contributed by atoms with Gasteiger partial charge in [0, 0.05) is 29.9 Å². The fourth-order valence-electron chi connectivity index (χ4n) is 5.17. The van der Waals surface area contributed by atoms with Crippen molar-refractivity contribution in [1.82, 2.24) is 10.2 Å². The molecule has 1 fully saturated rings. The molecule has 44 heavy (non-hydrogen) atoms. The van der Waals surface area contributed by atoms with E-state index in [0.29, 0.717) is 30.0 Å². The number of aliphatic carboxylic acids is 1. The van der Waals surface area contributed by atoms with Crippen LogP contribution < -0.4 is 15.4 Å². The van der Waals surface area contributed by atoms with Gasteiger partial charge in [-0.3, -0.25) is 14.9 Å². The van der Waals surface area contributed by atoms with Gasteiger partial charge in [0.25, 0.3) is 0 Å². The molecular weight excluding hydrogens is 584 g/mol. The van der Waals surface area contributed by atoms with Crippen LogP contribution in [0.1, 0.15) is 36.0 Å². The number of fused-ring (bicyclic) bond motifs is 2. The Kier molecular flexibility index (Phi) is 9.04. The largest absolute Gasteiger partial charge is 0.497 e. The lowest BCUT2D eigenvalue weighted by atomic mass is 10.0. The van der Waals surface area contributed by atoms with Crippen molar-refractivity contribution in [3.8, 4) is 5.75 Å². The summed E-state index contributed by atoms with van der Waals surface area (Å²) in [5.41, 5.74) is 1.21. The minimum Gasteiger partial charge on any atom is -0.497 e. The molecule has 0 bridgehead atoms. The van der Waals surface area contributed by atoms with Gasteiger partial charge in [-0.2, -0.15) is 13.2 Å². The van der Waals surface area contributed by atoms with E-state index in [0.717, 1.165) is 17.7 Å². The number of carbonyl (C=O) groups is 2. The van der Waals surface area contributed by atoms with Gasteiger partial charge in [0.05, 0.1) is 43.4 Å². The van der Waals surface area contributed by atoms with Crippen LogP contribution in [0.3, 0.4) is 0 Å². The van der Waals surface area contributed by atoms with Crippen LogP contribution >= 0.6 is 0 Å². The van der Waals surface area contributed by atoms with Gasteiger partial charge in [0.15, 0.2) is 6.23 Å². The number of hydrogen-bond acceptors (Lipinski definition) is 8. The van der Waals surface area contributed by atoms with Crippen molar-refractivity contribution in [2.24, 2.45) is 4.99 Å². The minimum atomic E-state index is -4.63. The Hall–Kier alpha value is -4.65. The molecule has 13 heteroatoms. The van der Waals surface area contributed by atoms with E-state index in [-0.39, 0.29) is 42.6 Å². The predicted octanol–water partition coefficient (Wildman–Crippen LogP) is 5.63. The van der Waals surface area contributed by atoms with E-state index in [1.54, 1.807) is 12.0 Å². The maximum absolute atomic E-state index is 14.3. The van der Waals surface area contributed by atoms with Gasteiger partial charge in [-0.15, -0.1) is 0 Å². The molecule has 2 atom stereocenters. The second-order valence-corrected chi connectivity index (χ2v) is 10.5. The van der Waals surface area contributed by atoms with Gasteiger partial charge in [0.2, 0.25) is 0 Å². The third kappa shape index (κ3) is 7.46. The number of hydrogen-bond donors (Lipinski definition) is 3. The van der Waals surface area contributed by atoms with Crippen LogP contribution in [0.5, 0.6) is 5.75 Å². The number of alkyl halides is 3. The molecule has 2 heterocycles. The third-order valence-electron chi connectivity index (χ3n) is 7.35. The molecule has 232 valence electrons. The predicted molar refractivity (Wildman–Crippen MR) is 154 cm³/mol. The second kappa shape index (κ2) is 12.9. The molecule has 5 rings (SSSR count). The Morgan fingerprint density at radius 1 is 1.02 bits per heavy atom. The summed E-state index contributed by atoms with van der Waals surface area (Å²) in [5.74, 6) is -1.61. The van der Waals surface area contributed by atoms with E-state index in [9.17, 15) is 27.2 Å². The average molecular weight is 615 g/mol. The maximum atomic E-state index is 14.3. The summed E-state index contributed by atoms with van der Waals surface area (Å²) in [7, 11) is 1.57. The van der Waals surface area contributed by atoms with E-state index >= 15 is 0 Å². The van der Waals surface area contributed by atoms with Crippen LogP contribution in [0.15, 0.2) is 65.7 Å². The fourth-order valence-corrected chi connectivity index (χ4v) is 5.17. The molecule has 3 aromatic carbocycles. The van der Waals surface area contributed by atoms with Gasteiger partial charge in [-0.05, 0) is 60.9 Å². The number of methoxy groups -OCH3 is 1. The average Bonchev–Trinajstić information content (AvgIpc) is 3.15. The topological polar surface area (TPSA) is 112 Å². The molecule has 0 spiro atoms. The standard InChI is InChI=1S/C31H30F4N4O5/c1-43-22-8-3-18(4-9-22)2-7-21-16-39(17-27(36-21)44-29(42)13-12-28(40)41)30-23-14-19(31(33,34)35)5-10-24(23)37-25-11-6-20(32)15-26(25)38-30/h3-6,8-11,14-15,21,27,36-37H,2,7,12-13,16-17H2,1H3,(H,40,41)/t21-,27?/m0/s1. The summed E-state index contributed by atoms with van der Waals surface area (Å²) < 4.78 is 66.5. The van der Waals surface area contributed by atoms with Gasteiger partial charge in [0.1, 0.15) is 17.4 Å². The first-order chi connectivity index (χ1) is 21.0. The number of amidine groups is 1. The Labute approximate surface area is 250 Å². The molecular formula is C31H30F4N4O5. The molecule has 0 saturated carbocycles. The lowest BCUT2D eigenvalue weighted by Crippen LogP contribution is -2.59. The molecule has 9 nitrogen and oxygen atoms in total. The van der Waals surface area contributed by atoms with Crippen molar-refractivity contribution in [2.75, 3.05) is 25.5 Å². The number of benzene rings is 3. The normalized spacial score (nSPS) is 17.8. The SMILES string of the molecule is COc1ccc(CC[C@H]2CN(C3=Nc4cc(F)ccc4Nc4ccc(C(F)(F)F)cc43)CC(OC(=O)CCC(=O)O)N2)cc1. The van der Waals surface area contributed by atoms with E-state index < -0.39 is 42.1 Å². The van der Waals surface area contributed by atoms with Crippen molar-refractivity contribution in [1.29, 1.82) is 0 Å². The third-order valence-corrected chi connectivity index (χ3v) is 7.35. The second-order valence-electron chi connectivity index (χ2n) is 10.5. The van der Waals surface area contributed by atoms with Gasteiger partial charge in [-0.1, -0.05) is 12.1 Å². The van der Waals surface area contributed by atoms with E-state index in [1.807, 2.05) is 24.3 Å². The van der Waals surface area contributed by atoms with E-state index in [4.69, 9.17) is 14.6 Å². The van der Waals surface area contributed by atoms with Crippen LogP contribution in [-0.2, 0) is 26.9 Å². The Morgan fingerprint density at radius 2 is 1.77 bits per heavy atom. The highest BCUT2D eigenvalue weighted by Crippen LogP contribution is 2.39. The van der Waals surface area contributed by atoms with Crippen molar-refractivity contribution in [3.63, 3.8) is 0 Å². The van der Waals surface area contributed by atoms with Crippen molar-refractivity contribution < 1.29 is 41.7 Å². The fraction of sp³-hybridized carbons (Fsp3) is 0.323. The molecule has 2 aliphatic heterocycles. The summed E-state index contributed by atoms with van der Waals surface area (Å²) in [4.78, 5) is 29.8. The molecule has 3 N–H and O–H groups in total. The summed E-state index contributed by atoms with van der Waals surface area (Å²) in [6.07, 6.45) is -5.14. The number of piperazine rings is 1. The molecule has 3 aromatic rings. The smallest absolute Gasteiger partial charge is 0.416 e. The lowest BCUT2D eigenvalue weighted by Gasteiger charge is -2.40. The zero-order chi connectivity index (χ0) is 31.4. The van der Waals surface area contributed by atoms with Crippen molar-refractivity contribution in [3.05, 3.63) is 83.2 Å². The number of nitrogens with zero attached hydrogens (tertiary/aromatic N) is 2. The number of aliphatic imine (C=N–C) groups is 1. The van der Waals surface area contributed by atoms with E-state index in [1.165, 1.54) is 24.3 Å². The van der Waals surface area contributed by atoms with Crippen molar-refractivity contribution >= 4 is 34.8 Å². The minimum absolute atomic E-state index is 0.00296. The van der Waals surface area contributed by atoms with Gasteiger partial charge >= 0.3 is 18.1 Å². The number of carboxylic acid groups (broad SMARTS) is 1. The number of carbonyl (C=O) groups excluding carboxylic acids is 1. The number of aryl methyl sites for hydroxylation is 1. The van der Waals surface area contributed by atoms with Crippen molar-refractivity contribution in [2.45, 2.75) is 44.1 Å². The number of esters is 1. The summed E-state index contributed by atoms with van der Waals surface area (Å²) in [5, 5.41) is 15.3. The van der Waals surface area contributed by atoms with Crippen LogP contribution in [-0.4, -0.2) is 60.2 Å². The maximum Gasteiger partial charge on any atom is 0.416 e. The molecule has 0 amide bonds. The molecule has 0 aromatic heterocycles. The molecule has 0 aliphatic carbocycles.